The second-order valence-corrected chi connectivity index (χ2v) is 3.65. The zero-order valence-corrected chi connectivity index (χ0v) is 11.4. The molecule has 0 radical (unpaired) electrons. The third kappa shape index (κ3) is 59.4. The Balaban J connectivity index is -0.000000214. The minimum Gasteiger partial charge on any atom is -0.450 e. The monoisotopic (exact) mass is 284 g/mol. The Bertz CT molecular complexity index is 139. The first-order valence-electron chi connectivity index (χ1n) is 6.42. The summed E-state index contributed by atoms with van der Waals surface area (Å²) in [7, 11) is 0. The summed E-state index contributed by atoms with van der Waals surface area (Å²) in [6, 6.07) is 0. The quantitative estimate of drug-likeness (QED) is 0.346. The minimum atomic E-state index is -1.83. The fourth-order valence-corrected chi connectivity index (χ4v) is 0.978. The SMILES string of the molecule is O=C(O)O.OCCCCCCO.OCCCCCO. The Morgan fingerprint density at radius 2 is 0.684 bits per heavy atom. The van der Waals surface area contributed by atoms with Gasteiger partial charge >= 0.3 is 6.16 Å². The average Bonchev–Trinajstić information content (AvgIpc) is 2.36. The summed E-state index contributed by atoms with van der Waals surface area (Å²) in [6.45, 7) is 1.07. The van der Waals surface area contributed by atoms with Crippen molar-refractivity contribution in [2.75, 3.05) is 26.4 Å². The highest BCUT2D eigenvalue weighted by molar-refractivity contribution is 5.53. The van der Waals surface area contributed by atoms with E-state index in [-0.39, 0.29) is 26.4 Å². The molecule has 0 atom stereocenters. The Hall–Kier alpha value is -0.890. The van der Waals surface area contributed by atoms with Gasteiger partial charge in [0.15, 0.2) is 0 Å². The van der Waals surface area contributed by atoms with Crippen LogP contribution in [0, 0.1) is 0 Å². The largest absolute Gasteiger partial charge is 0.503 e. The van der Waals surface area contributed by atoms with Crippen LogP contribution in [0.3, 0.4) is 0 Å². The Morgan fingerprint density at radius 1 is 0.526 bits per heavy atom. The van der Waals surface area contributed by atoms with Crippen molar-refractivity contribution in [3.05, 3.63) is 0 Å². The molecule has 7 heteroatoms. The van der Waals surface area contributed by atoms with Crippen LogP contribution in [0.5, 0.6) is 0 Å². The van der Waals surface area contributed by atoms with Crippen LogP contribution in [0.2, 0.25) is 0 Å². The zero-order valence-electron chi connectivity index (χ0n) is 11.4. The molecule has 0 aromatic rings. The van der Waals surface area contributed by atoms with Crippen molar-refractivity contribution in [2.24, 2.45) is 0 Å². The highest BCUT2D eigenvalue weighted by atomic mass is 16.6. The number of carboxylic acid groups (broad SMARTS) is 2. The van der Waals surface area contributed by atoms with Crippen molar-refractivity contribution in [3.8, 4) is 0 Å². The minimum absolute atomic E-state index is 0.250. The molecule has 6 N–H and O–H groups in total. The molecule has 0 fully saturated rings. The van der Waals surface area contributed by atoms with Crippen LogP contribution in [-0.4, -0.2) is 63.2 Å². The van der Waals surface area contributed by atoms with Gasteiger partial charge in [-0.2, -0.15) is 0 Å². The van der Waals surface area contributed by atoms with Crippen molar-refractivity contribution in [2.45, 2.75) is 44.9 Å². The molecule has 0 aliphatic carbocycles. The van der Waals surface area contributed by atoms with E-state index in [1.165, 1.54) is 0 Å². The lowest BCUT2D eigenvalue weighted by atomic mass is 10.2. The summed E-state index contributed by atoms with van der Waals surface area (Å²) in [6.07, 6.45) is 4.57. The lowest BCUT2D eigenvalue weighted by Crippen LogP contribution is -1.85. The van der Waals surface area contributed by atoms with E-state index >= 15 is 0 Å². The van der Waals surface area contributed by atoms with Crippen LogP contribution in [0.4, 0.5) is 4.79 Å². The molecule has 0 aromatic heterocycles. The number of unbranched alkanes of at least 4 members (excludes halogenated alkanes) is 5. The predicted molar refractivity (Wildman–Crippen MR) is 71.3 cm³/mol. The van der Waals surface area contributed by atoms with Gasteiger partial charge in [-0.05, 0) is 32.1 Å². The van der Waals surface area contributed by atoms with Crippen LogP contribution in [0.15, 0.2) is 0 Å². The Kier molecular flexibility index (Phi) is 31.6. The molecule has 0 heterocycles. The first-order valence-corrected chi connectivity index (χ1v) is 6.42. The van der Waals surface area contributed by atoms with Gasteiger partial charge in [-0.1, -0.05) is 12.8 Å². The third-order valence-electron chi connectivity index (χ3n) is 1.88. The lowest BCUT2D eigenvalue weighted by Gasteiger charge is -1.93. The Morgan fingerprint density at radius 3 is 0.842 bits per heavy atom. The predicted octanol–water partition coefficient (Wildman–Crippen LogP) is 0.895. The van der Waals surface area contributed by atoms with Crippen molar-refractivity contribution in [1.29, 1.82) is 0 Å². The van der Waals surface area contributed by atoms with Gasteiger partial charge in [-0.15, -0.1) is 0 Å². The molecule has 118 valence electrons. The molecule has 0 aromatic carbocycles. The van der Waals surface area contributed by atoms with Gasteiger partial charge < -0.3 is 30.6 Å². The summed E-state index contributed by atoms with van der Waals surface area (Å²) in [5, 5.41) is 47.0. The molecule has 0 amide bonds. The summed E-state index contributed by atoms with van der Waals surface area (Å²) in [4.78, 5) is 8.56. The number of carbonyl (C=O) groups is 1. The maximum atomic E-state index is 8.56. The van der Waals surface area contributed by atoms with Crippen LogP contribution in [-0.2, 0) is 0 Å². The standard InChI is InChI=1S/C6H14O2.C5H12O2.CH2O3/c7-5-3-1-2-4-6-8;6-4-2-1-3-5-7;2-1(3)4/h7-8H,1-6H2;6-7H,1-5H2;(H2,2,3,4). The van der Waals surface area contributed by atoms with Crippen molar-refractivity contribution >= 4 is 6.16 Å². The lowest BCUT2D eigenvalue weighted by molar-refractivity contribution is 0.137. The van der Waals surface area contributed by atoms with Crippen molar-refractivity contribution in [1.82, 2.24) is 0 Å². The molecule has 7 nitrogen and oxygen atoms in total. The van der Waals surface area contributed by atoms with E-state index in [1.807, 2.05) is 0 Å². The molecule has 0 unspecified atom stereocenters. The summed E-state index contributed by atoms with van der Waals surface area (Å²) in [5.41, 5.74) is 0. The second kappa shape index (κ2) is 25.8. The number of rotatable bonds is 9. The van der Waals surface area contributed by atoms with Crippen molar-refractivity contribution in [3.63, 3.8) is 0 Å². The van der Waals surface area contributed by atoms with E-state index in [2.05, 4.69) is 0 Å². The van der Waals surface area contributed by atoms with E-state index in [1.54, 1.807) is 0 Å². The summed E-state index contributed by atoms with van der Waals surface area (Å²) < 4.78 is 0. The Labute approximate surface area is 114 Å². The van der Waals surface area contributed by atoms with E-state index in [0.717, 1.165) is 44.9 Å². The molecule has 19 heavy (non-hydrogen) atoms. The van der Waals surface area contributed by atoms with Gasteiger partial charge in [0.1, 0.15) is 0 Å². The molecule has 0 spiro atoms. The van der Waals surface area contributed by atoms with Gasteiger partial charge in [0.25, 0.3) is 0 Å². The van der Waals surface area contributed by atoms with Crippen LogP contribution < -0.4 is 0 Å². The molecule has 0 aliphatic heterocycles. The molecule has 0 saturated heterocycles. The van der Waals surface area contributed by atoms with Gasteiger partial charge in [0.05, 0.1) is 0 Å². The summed E-state index contributed by atoms with van der Waals surface area (Å²) in [5.74, 6) is 0. The summed E-state index contributed by atoms with van der Waals surface area (Å²) >= 11 is 0. The maximum absolute atomic E-state index is 8.56. The van der Waals surface area contributed by atoms with Crippen LogP contribution >= 0.6 is 0 Å². The van der Waals surface area contributed by atoms with E-state index in [0.29, 0.717) is 0 Å². The van der Waals surface area contributed by atoms with E-state index < -0.39 is 6.16 Å². The number of hydrogen-bond donors (Lipinski definition) is 6. The van der Waals surface area contributed by atoms with Crippen molar-refractivity contribution < 1.29 is 35.4 Å². The van der Waals surface area contributed by atoms with E-state index in [4.69, 9.17) is 35.4 Å². The first-order chi connectivity index (χ1) is 9.06. The average molecular weight is 284 g/mol. The normalized spacial score (nSPS) is 8.84. The molecular weight excluding hydrogens is 256 g/mol. The van der Waals surface area contributed by atoms with Crippen LogP contribution in [0.1, 0.15) is 44.9 Å². The third-order valence-corrected chi connectivity index (χ3v) is 1.88. The maximum Gasteiger partial charge on any atom is 0.503 e. The number of hydrogen-bond acceptors (Lipinski definition) is 5. The van der Waals surface area contributed by atoms with Crippen LogP contribution in [0.25, 0.3) is 0 Å². The molecule has 0 saturated carbocycles. The number of aliphatic hydroxyl groups is 4. The highest BCUT2D eigenvalue weighted by Crippen LogP contribution is 1.96. The fraction of sp³-hybridized carbons (Fsp3) is 0.917. The van der Waals surface area contributed by atoms with Gasteiger partial charge in [0.2, 0.25) is 0 Å². The van der Waals surface area contributed by atoms with Gasteiger partial charge in [-0.3, -0.25) is 0 Å². The molecule has 0 rings (SSSR count). The molecule has 0 bridgehead atoms. The number of aliphatic hydroxyl groups excluding tert-OH is 4. The van der Waals surface area contributed by atoms with Gasteiger partial charge in [0, 0.05) is 26.4 Å². The first kappa shape index (κ1) is 23.2. The second-order valence-electron chi connectivity index (χ2n) is 3.65. The topological polar surface area (TPSA) is 138 Å². The van der Waals surface area contributed by atoms with Gasteiger partial charge in [-0.25, -0.2) is 4.79 Å². The molecule has 0 aliphatic rings. The molecular formula is C12H28O7. The van der Waals surface area contributed by atoms with E-state index in [9.17, 15) is 0 Å². The fourth-order valence-electron chi connectivity index (χ4n) is 0.978. The highest BCUT2D eigenvalue weighted by Gasteiger charge is 1.84. The smallest absolute Gasteiger partial charge is 0.450 e. The zero-order chi connectivity index (χ0) is 15.4.